The van der Waals surface area contributed by atoms with Gasteiger partial charge in [-0.05, 0) is 12.3 Å². The number of amides is 1. The van der Waals surface area contributed by atoms with Crippen molar-refractivity contribution < 1.29 is 4.79 Å². The molecule has 4 aliphatic rings. The molecule has 1 unspecified atom stereocenters. The predicted molar refractivity (Wildman–Crippen MR) is 80.6 cm³/mol. The molecule has 0 radical (unpaired) electrons. The largest absolute Gasteiger partial charge is 0.354 e. The third kappa shape index (κ3) is 3.73. The van der Waals surface area contributed by atoms with Gasteiger partial charge in [-0.3, -0.25) is 14.6 Å². The van der Waals surface area contributed by atoms with E-state index in [1.165, 1.54) is 58.3 Å². The summed E-state index contributed by atoms with van der Waals surface area (Å²) in [6.07, 6.45) is 8.68. The summed E-state index contributed by atoms with van der Waals surface area (Å²) in [5, 5.41) is 3.17. The summed E-state index contributed by atoms with van der Waals surface area (Å²) in [4.78, 5) is 17.1. The lowest BCUT2D eigenvalue weighted by Crippen LogP contribution is -2.63. The summed E-state index contributed by atoms with van der Waals surface area (Å²) in [7, 11) is 0. The van der Waals surface area contributed by atoms with Gasteiger partial charge in [0.05, 0.1) is 0 Å². The van der Waals surface area contributed by atoms with Gasteiger partial charge in [-0.25, -0.2) is 0 Å². The first-order valence-corrected chi connectivity index (χ1v) is 8.54. The van der Waals surface area contributed by atoms with Crippen molar-refractivity contribution >= 4 is 5.91 Å². The Kier molecular flexibility index (Phi) is 4.94. The van der Waals surface area contributed by atoms with Crippen LogP contribution in [0.4, 0.5) is 0 Å². The molecule has 3 heterocycles. The van der Waals surface area contributed by atoms with Crippen LogP contribution in [0.2, 0.25) is 0 Å². The highest BCUT2D eigenvalue weighted by atomic mass is 16.1. The summed E-state index contributed by atoms with van der Waals surface area (Å²) >= 11 is 0. The van der Waals surface area contributed by atoms with Gasteiger partial charge in [0.2, 0.25) is 5.91 Å². The van der Waals surface area contributed by atoms with Crippen LogP contribution < -0.4 is 5.32 Å². The maximum atomic E-state index is 12.0. The Morgan fingerprint density at radius 3 is 2.45 bits per heavy atom. The minimum atomic E-state index is 0.272. The van der Waals surface area contributed by atoms with E-state index >= 15 is 0 Å². The third-order valence-electron chi connectivity index (χ3n) is 5.43. The average Bonchev–Trinajstić information content (AvgIpc) is 2.53. The number of rotatable bonds is 5. The van der Waals surface area contributed by atoms with E-state index in [0.717, 1.165) is 31.8 Å². The Hall–Kier alpha value is -0.610. The van der Waals surface area contributed by atoms with Crippen LogP contribution in [0.1, 0.15) is 44.9 Å². The van der Waals surface area contributed by atoms with E-state index in [4.69, 9.17) is 0 Å². The van der Waals surface area contributed by atoms with E-state index in [-0.39, 0.29) is 5.91 Å². The molecule has 0 aromatic rings. The summed E-state index contributed by atoms with van der Waals surface area (Å²) in [5.74, 6) is 1.09. The van der Waals surface area contributed by atoms with E-state index in [2.05, 4.69) is 15.1 Å². The fourth-order valence-electron chi connectivity index (χ4n) is 4.05. The van der Waals surface area contributed by atoms with Gasteiger partial charge in [0.15, 0.2) is 0 Å². The van der Waals surface area contributed by atoms with Crippen LogP contribution >= 0.6 is 0 Å². The van der Waals surface area contributed by atoms with Crippen molar-refractivity contribution in [3.8, 4) is 0 Å². The fraction of sp³-hybridized carbons (Fsp3) is 0.938. The Labute approximate surface area is 122 Å². The molecule has 1 atom stereocenters. The molecule has 3 saturated heterocycles. The number of nitrogens with zero attached hydrogens (tertiary/aromatic N) is 2. The zero-order valence-corrected chi connectivity index (χ0v) is 12.6. The Balaban J connectivity index is 1.32. The Bertz CT molecular complexity index is 320. The maximum Gasteiger partial charge on any atom is 0.220 e. The van der Waals surface area contributed by atoms with Crippen LogP contribution in [-0.2, 0) is 4.79 Å². The summed E-state index contributed by atoms with van der Waals surface area (Å²) in [6.45, 7) is 6.78. The van der Waals surface area contributed by atoms with Crippen molar-refractivity contribution in [2.24, 2.45) is 5.92 Å². The smallest absolute Gasteiger partial charge is 0.220 e. The molecule has 1 amide bonds. The molecule has 3 aliphatic heterocycles. The average molecular weight is 279 g/mol. The van der Waals surface area contributed by atoms with Crippen molar-refractivity contribution in [2.75, 3.05) is 39.3 Å². The normalized spacial score (nSPS) is 34.1. The molecule has 114 valence electrons. The van der Waals surface area contributed by atoms with Crippen LogP contribution in [0.25, 0.3) is 0 Å². The highest BCUT2D eigenvalue weighted by Crippen LogP contribution is 2.27. The lowest BCUT2D eigenvalue weighted by atomic mass is 9.86. The molecule has 20 heavy (non-hydrogen) atoms. The lowest BCUT2D eigenvalue weighted by molar-refractivity contribution is -0.122. The fourth-order valence-corrected chi connectivity index (χ4v) is 4.05. The lowest BCUT2D eigenvalue weighted by Gasteiger charge is -2.47. The first-order valence-electron chi connectivity index (χ1n) is 8.54. The molecule has 1 saturated carbocycles. The highest BCUT2D eigenvalue weighted by Gasteiger charge is 2.31. The quantitative estimate of drug-likeness (QED) is 0.827. The second kappa shape index (κ2) is 6.90. The first kappa shape index (κ1) is 14.3. The minimum absolute atomic E-state index is 0.272. The summed E-state index contributed by atoms with van der Waals surface area (Å²) in [6, 6.07) is 0.552. The Morgan fingerprint density at radius 1 is 1.05 bits per heavy atom. The predicted octanol–water partition coefficient (Wildman–Crippen LogP) is 1.46. The molecule has 4 nitrogen and oxygen atoms in total. The molecule has 4 heteroatoms. The van der Waals surface area contributed by atoms with E-state index in [0.29, 0.717) is 6.04 Å². The Morgan fingerprint density at radius 2 is 1.80 bits per heavy atom. The molecule has 4 fully saturated rings. The van der Waals surface area contributed by atoms with E-state index in [1.807, 2.05) is 0 Å². The second-order valence-corrected chi connectivity index (χ2v) is 6.84. The number of hydrogen-bond donors (Lipinski definition) is 1. The summed E-state index contributed by atoms with van der Waals surface area (Å²) < 4.78 is 0. The number of carbonyl (C=O) groups is 1. The second-order valence-electron chi connectivity index (χ2n) is 6.84. The van der Waals surface area contributed by atoms with Crippen LogP contribution in [-0.4, -0.2) is 61.0 Å². The van der Waals surface area contributed by atoms with Crippen LogP contribution in [0.3, 0.4) is 0 Å². The van der Waals surface area contributed by atoms with Gasteiger partial charge in [0, 0.05) is 51.7 Å². The van der Waals surface area contributed by atoms with Crippen molar-refractivity contribution in [3.05, 3.63) is 0 Å². The third-order valence-corrected chi connectivity index (χ3v) is 5.43. The van der Waals surface area contributed by atoms with Crippen LogP contribution in [0, 0.1) is 5.92 Å². The SMILES string of the molecule is O=C(CCC1CCCCC1)NCC1CN2CCN1CC2. The van der Waals surface area contributed by atoms with E-state index in [9.17, 15) is 4.79 Å². The van der Waals surface area contributed by atoms with Crippen molar-refractivity contribution in [2.45, 2.75) is 51.0 Å². The van der Waals surface area contributed by atoms with Crippen LogP contribution in [0.5, 0.6) is 0 Å². The van der Waals surface area contributed by atoms with Gasteiger partial charge in [-0.1, -0.05) is 32.1 Å². The topological polar surface area (TPSA) is 35.6 Å². The van der Waals surface area contributed by atoms with Crippen molar-refractivity contribution in [3.63, 3.8) is 0 Å². The zero-order valence-electron chi connectivity index (χ0n) is 12.6. The molecule has 4 rings (SSSR count). The first-order chi connectivity index (χ1) is 9.81. The molecular formula is C16H29N3O. The molecule has 1 N–H and O–H groups in total. The monoisotopic (exact) mass is 279 g/mol. The maximum absolute atomic E-state index is 12.0. The number of piperazine rings is 3. The van der Waals surface area contributed by atoms with Crippen LogP contribution in [0.15, 0.2) is 0 Å². The van der Waals surface area contributed by atoms with E-state index in [1.54, 1.807) is 0 Å². The van der Waals surface area contributed by atoms with Gasteiger partial charge in [0.1, 0.15) is 0 Å². The van der Waals surface area contributed by atoms with Crippen molar-refractivity contribution in [1.82, 2.24) is 15.1 Å². The molecule has 0 spiro atoms. The molecule has 0 aromatic heterocycles. The number of fused-ring (bicyclic) bond motifs is 3. The van der Waals surface area contributed by atoms with Gasteiger partial charge in [-0.2, -0.15) is 0 Å². The number of carbonyl (C=O) groups excluding carboxylic acids is 1. The number of nitrogens with one attached hydrogen (secondary N) is 1. The summed E-state index contributed by atoms with van der Waals surface area (Å²) in [5.41, 5.74) is 0. The van der Waals surface area contributed by atoms with Gasteiger partial charge >= 0.3 is 0 Å². The minimum Gasteiger partial charge on any atom is -0.354 e. The molecule has 2 bridgehead atoms. The van der Waals surface area contributed by atoms with Crippen molar-refractivity contribution in [1.29, 1.82) is 0 Å². The highest BCUT2D eigenvalue weighted by molar-refractivity contribution is 5.75. The van der Waals surface area contributed by atoms with Gasteiger partial charge in [0.25, 0.3) is 0 Å². The molecular weight excluding hydrogens is 250 g/mol. The zero-order chi connectivity index (χ0) is 13.8. The molecule has 1 aliphatic carbocycles. The standard InChI is InChI=1S/C16H29N3O/c20-16(7-6-14-4-2-1-3-5-14)17-12-15-13-18-8-10-19(15)11-9-18/h14-15H,1-13H2,(H,17,20). The molecule has 0 aromatic carbocycles. The van der Waals surface area contributed by atoms with Gasteiger partial charge < -0.3 is 5.32 Å². The van der Waals surface area contributed by atoms with Gasteiger partial charge in [-0.15, -0.1) is 0 Å². The number of hydrogen-bond acceptors (Lipinski definition) is 3. The van der Waals surface area contributed by atoms with E-state index < -0.39 is 0 Å².